The molecule has 2 aromatic carbocycles. The van der Waals surface area contributed by atoms with E-state index in [1.54, 1.807) is 0 Å². The molecule has 0 atom stereocenters. The molecule has 1 heterocycles. The number of nitrogens with one attached hydrogen (secondary N) is 1. The van der Waals surface area contributed by atoms with Gasteiger partial charge in [-0.25, -0.2) is 0 Å². The molecule has 4 heteroatoms. The molecule has 2 aromatic rings. The number of ether oxygens (including phenoxy) is 3. The van der Waals surface area contributed by atoms with E-state index in [1.807, 2.05) is 24.3 Å². The van der Waals surface area contributed by atoms with Crippen molar-refractivity contribution in [1.29, 1.82) is 0 Å². The van der Waals surface area contributed by atoms with Gasteiger partial charge in [0.15, 0.2) is 11.5 Å². The van der Waals surface area contributed by atoms with Gasteiger partial charge in [-0.05, 0) is 41.8 Å². The molecule has 0 amide bonds. The van der Waals surface area contributed by atoms with Gasteiger partial charge >= 0.3 is 0 Å². The first-order valence-corrected chi connectivity index (χ1v) is 7.66. The first-order valence-electron chi connectivity index (χ1n) is 7.66. The fourth-order valence-corrected chi connectivity index (χ4v) is 2.37. The van der Waals surface area contributed by atoms with Crippen LogP contribution in [-0.2, 0) is 13.1 Å². The zero-order chi connectivity index (χ0) is 15.2. The first-order chi connectivity index (χ1) is 10.8. The van der Waals surface area contributed by atoms with Crippen LogP contribution in [0.3, 0.4) is 0 Å². The summed E-state index contributed by atoms with van der Waals surface area (Å²) in [5.74, 6) is 2.59. The maximum Gasteiger partial charge on any atom is 0.231 e. The van der Waals surface area contributed by atoms with Gasteiger partial charge in [0.25, 0.3) is 0 Å². The lowest BCUT2D eigenvalue weighted by Crippen LogP contribution is -2.12. The molecule has 0 aromatic heterocycles. The number of fused-ring (bicyclic) bond motifs is 1. The minimum Gasteiger partial charge on any atom is -0.494 e. The summed E-state index contributed by atoms with van der Waals surface area (Å²) >= 11 is 0. The van der Waals surface area contributed by atoms with E-state index in [9.17, 15) is 0 Å². The fourth-order valence-electron chi connectivity index (χ4n) is 2.37. The molecule has 1 N–H and O–H groups in total. The molecule has 22 heavy (non-hydrogen) atoms. The third kappa shape index (κ3) is 3.71. The molecule has 0 spiro atoms. The topological polar surface area (TPSA) is 39.7 Å². The highest BCUT2D eigenvalue weighted by atomic mass is 16.7. The van der Waals surface area contributed by atoms with Gasteiger partial charge in [0.05, 0.1) is 6.61 Å². The molecule has 0 radical (unpaired) electrons. The van der Waals surface area contributed by atoms with Crippen molar-refractivity contribution < 1.29 is 14.2 Å². The molecule has 3 rings (SSSR count). The van der Waals surface area contributed by atoms with Gasteiger partial charge in [0, 0.05) is 13.1 Å². The summed E-state index contributed by atoms with van der Waals surface area (Å²) in [5.41, 5.74) is 2.40. The second-order valence-electron chi connectivity index (χ2n) is 5.29. The van der Waals surface area contributed by atoms with Gasteiger partial charge in [-0.15, -0.1) is 0 Å². The predicted octanol–water partition coefficient (Wildman–Crippen LogP) is 3.49. The van der Waals surface area contributed by atoms with Gasteiger partial charge in [0.1, 0.15) is 5.75 Å². The summed E-state index contributed by atoms with van der Waals surface area (Å²) in [7, 11) is 0. The Kier molecular flexibility index (Phi) is 4.81. The number of hydrogen-bond donors (Lipinski definition) is 1. The average molecular weight is 299 g/mol. The second kappa shape index (κ2) is 7.18. The van der Waals surface area contributed by atoms with Gasteiger partial charge < -0.3 is 19.5 Å². The van der Waals surface area contributed by atoms with Crippen molar-refractivity contribution >= 4 is 0 Å². The largest absolute Gasteiger partial charge is 0.494 e. The highest BCUT2D eigenvalue weighted by Gasteiger charge is 2.12. The minimum absolute atomic E-state index is 0.316. The molecular weight excluding hydrogens is 278 g/mol. The van der Waals surface area contributed by atoms with Crippen LogP contribution < -0.4 is 19.5 Å². The van der Waals surface area contributed by atoms with Crippen LogP contribution in [0, 0.1) is 0 Å². The van der Waals surface area contributed by atoms with E-state index < -0.39 is 0 Å². The van der Waals surface area contributed by atoms with E-state index in [0.717, 1.165) is 43.4 Å². The molecule has 0 saturated heterocycles. The predicted molar refractivity (Wildman–Crippen MR) is 85.3 cm³/mol. The zero-order valence-electron chi connectivity index (χ0n) is 12.8. The molecule has 4 nitrogen and oxygen atoms in total. The SMILES string of the molecule is CCCOc1cccc(CNCc2ccc3c(c2)OCO3)c1. The maximum atomic E-state index is 5.65. The van der Waals surface area contributed by atoms with E-state index in [1.165, 1.54) is 11.1 Å². The summed E-state index contributed by atoms with van der Waals surface area (Å²) in [5, 5.41) is 3.44. The van der Waals surface area contributed by atoms with Gasteiger partial charge in [-0.1, -0.05) is 25.1 Å². The molecule has 0 fully saturated rings. The molecule has 0 saturated carbocycles. The minimum atomic E-state index is 0.316. The first kappa shape index (κ1) is 14.7. The Bertz CT molecular complexity index is 627. The molecular formula is C18H21NO3. The summed E-state index contributed by atoms with van der Waals surface area (Å²) in [6.07, 6.45) is 1.02. The van der Waals surface area contributed by atoms with Crippen LogP contribution in [0.4, 0.5) is 0 Å². The molecule has 0 unspecified atom stereocenters. The van der Waals surface area contributed by atoms with Crippen LogP contribution in [0.25, 0.3) is 0 Å². The van der Waals surface area contributed by atoms with Crippen LogP contribution in [0.2, 0.25) is 0 Å². The van der Waals surface area contributed by atoms with Crippen LogP contribution >= 0.6 is 0 Å². The van der Waals surface area contributed by atoms with Crippen molar-refractivity contribution in [2.45, 2.75) is 26.4 Å². The van der Waals surface area contributed by atoms with E-state index >= 15 is 0 Å². The molecule has 1 aliphatic rings. The van der Waals surface area contributed by atoms with Gasteiger partial charge in [0.2, 0.25) is 6.79 Å². The van der Waals surface area contributed by atoms with Gasteiger partial charge in [-0.2, -0.15) is 0 Å². The van der Waals surface area contributed by atoms with E-state index in [2.05, 4.69) is 30.4 Å². The molecule has 1 aliphatic heterocycles. The van der Waals surface area contributed by atoms with Crippen LogP contribution in [0.15, 0.2) is 42.5 Å². The highest BCUT2D eigenvalue weighted by molar-refractivity contribution is 5.44. The summed E-state index contributed by atoms with van der Waals surface area (Å²) in [4.78, 5) is 0. The van der Waals surface area contributed by atoms with Crippen molar-refractivity contribution in [3.63, 3.8) is 0 Å². The Morgan fingerprint density at radius 2 is 1.82 bits per heavy atom. The number of rotatable bonds is 7. The third-order valence-corrected chi connectivity index (χ3v) is 3.47. The Balaban J connectivity index is 1.52. The lowest BCUT2D eigenvalue weighted by atomic mass is 10.2. The third-order valence-electron chi connectivity index (χ3n) is 3.47. The van der Waals surface area contributed by atoms with Crippen molar-refractivity contribution in [2.75, 3.05) is 13.4 Å². The second-order valence-corrected chi connectivity index (χ2v) is 5.29. The zero-order valence-corrected chi connectivity index (χ0v) is 12.8. The maximum absolute atomic E-state index is 5.65. The molecule has 0 aliphatic carbocycles. The number of benzene rings is 2. The number of hydrogen-bond acceptors (Lipinski definition) is 4. The Morgan fingerprint density at radius 3 is 2.68 bits per heavy atom. The lowest BCUT2D eigenvalue weighted by molar-refractivity contribution is 0.174. The molecule has 116 valence electrons. The summed E-state index contributed by atoms with van der Waals surface area (Å²) in [6, 6.07) is 14.3. The van der Waals surface area contributed by atoms with E-state index in [0.29, 0.717) is 6.79 Å². The normalized spacial score (nSPS) is 12.4. The molecule has 0 bridgehead atoms. The Morgan fingerprint density at radius 1 is 1.00 bits per heavy atom. The van der Waals surface area contributed by atoms with Crippen molar-refractivity contribution in [1.82, 2.24) is 5.32 Å². The Hall–Kier alpha value is -2.20. The quantitative estimate of drug-likeness (QED) is 0.849. The van der Waals surface area contributed by atoms with Crippen molar-refractivity contribution in [3.05, 3.63) is 53.6 Å². The van der Waals surface area contributed by atoms with Crippen LogP contribution in [-0.4, -0.2) is 13.4 Å². The van der Waals surface area contributed by atoms with Crippen molar-refractivity contribution in [3.8, 4) is 17.2 Å². The smallest absolute Gasteiger partial charge is 0.231 e. The summed E-state index contributed by atoms with van der Waals surface area (Å²) < 4.78 is 16.4. The Labute approximate surface area is 131 Å². The van der Waals surface area contributed by atoms with Crippen molar-refractivity contribution in [2.24, 2.45) is 0 Å². The monoisotopic (exact) mass is 299 g/mol. The lowest BCUT2D eigenvalue weighted by Gasteiger charge is -2.09. The van der Waals surface area contributed by atoms with Crippen LogP contribution in [0.1, 0.15) is 24.5 Å². The van der Waals surface area contributed by atoms with Crippen LogP contribution in [0.5, 0.6) is 17.2 Å². The van der Waals surface area contributed by atoms with Gasteiger partial charge in [-0.3, -0.25) is 0 Å². The highest BCUT2D eigenvalue weighted by Crippen LogP contribution is 2.32. The average Bonchev–Trinajstić information content (AvgIpc) is 3.01. The standard InChI is InChI=1S/C18H21NO3/c1-2-8-20-16-5-3-4-14(9-16)11-19-12-15-6-7-17-18(10-15)22-13-21-17/h3-7,9-10,19H,2,8,11-13H2,1H3. The van der Waals surface area contributed by atoms with E-state index in [4.69, 9.17) is 14.2 Å². The van der Waals surface area contributed by atoms with E-state index in [-0.39, 0.29) is 0 Å². The fraction of sp³-hybridized carbons (Fsp3) is 0.333. The summed E-state index contributed by atoms with van der Waals surface area (Å²) in [6.45, 7) is 4.77.